The minimum absolute atomic E-state index is 0.0714. The molecule has 2 N–H and O–H groups in total. The molecule has 0 saturated heterocycles. The quantitative estimate of drug-likeness (QED) is 0.286. The van der Waals surface area contributed by atoms with Gasteiger partial charge in [-0.25, -0.2) is 25.3 Å². The van der Waals surface area contributed by atoms with Gasteiger partial charge in [-0.1, -0.05) is 24.3 Å². The molecule has 0 unspecified atom stereocenters. The van der Waals surface area contributed by atoms with Crippen molar-refractivity contribution in [1.29, 1.82) is 0 Å². The lowest BCUT2D eigenvalue weighted by molar-refractivity contribution is 0.101. The fourth-order valence-corrected chi connectivity index (χ4v) is 5.94. The number of rotatable bonds is 7. The van der Waals surface area contributed by atoms with E-state index in [-0.39, 0.29) is 17.3 Å². The number of benzene rings is 4. The molecule has 0 heterocycles. The van der Waals surface area contributed by atoms with E-state index >= 15 is 0 Å². The van der Waals surface area contributed by atoms with Crippen molar-refractivity contribution in [2.45, 2.75) is 21.6 Å². The third-order valence-electron chi connectivity index (χ3n) is 5.87. The first kappa shape index (κ1) is 29.8. The van der Waals surface area contributed by atoms with Crippen LogP contribution in [0.4, 0.5) is 11.4 Å². The van der Waals surface area contributed by atoms with Crippen LogP contribution < -0.4 is 10.6 Å². The van der Waals surface area contributed by atoms with Gasteiger partial charge >= 0.3 is 0 Å². The maximum absolute atomic E-state index is 13.2. The zero-order chi connectivity index (χ0) is 30.3. The van der Waals surface area contributed by atoms with Gasteiger partial charge in [0.25, 0.3) is 11.8 Å². The zero-order valence-corrected chi connectivity index (χ0v) is 23.1. The number of carbonyl (C=O) groups is 2. The first-order valence-electron chi connectivity index (χ1n) is 11.2. The summed E-state index contributed by atoms with van der Waals surface area (Å²) >= 11 is 0. The molecule has 13 nitrogen and oxygen atoms in total. The van der Waals surface area contributed by atoms with Crippen molar-refractivity contribution in [2.24, 2.45) is 0 Å². The van der Waals surface area contributed by atoms with Crippen LogP contribution in [0.3, 0.4) is 0 Å². The van der Waals surface area contributed by atoms with E-state index in [0.29, 0.717) is 23.3 Å². The van der Waals surface area contributed by atoms with Crippen LogP contribution in [-0.2, 0) is 30.4 Å². The van der Waals surface area contributed by atoms with Crippen LogP contribution in [0, 0.1) is 6.92 Å². The highest BCUT2D eigenvalue weighted by Crippen LogP contribution is 2.37. The van der Waals surface area contributed by atoms with Crippen molar-refractivity contribution in [3.63, 3.8) is 0 Å². The largest absolute Gasteiger partial charge is 0.744 e. The van der Waals surface area contributed by atoms with Gasteiger partial charge in [0.1, 0.15) is 30.4 Å². The number of aryl methyl sites for hydroxylation is 1. The Kier molecular flexibility index (Phi) is 7.74. The second-order valence-electron chi connectivity index (χ2n) is 8.62. The number of fused-ring (bicyclic) bond motifs is 1. The Morgan fingerprint density at radius 2 is 1.20 bits per heavy atom. The minimum atomic E-state index is -5.60. The Bertz CT molecular complexity index is 2060. The van der Waals surface area contributed by atoms with Gasteiger partial charge in [-0.05, 0) is 61.0 Å². The number of hydrogen-bond acceptors (Lipinski definition) is 11. The van der Waals surface area contributed by atoms with Crippen LogP contribution >= 0.6 is 0 Å². The lowest BCUT2D eigenvalue weighted by Gasteiger charge is -2.21. The van der Waals surface area contributed by atoms with Crippen molar-refractivity contribution in [3.8, 4) is 0 Å². The molecule has 0 spiro atoms. The summed E-state index contributed by atoms with van der Waals surface area (Å²) in [6.45, 7) is 1.66. The van der Waals surface area contributed by atoms with Gasteiger partial charge in [-0.3, -0.25) is 9.59 Å². The smallest absolute Gasteiger partial charge is 0.255 e. The fourth-order valence-electron chi connectivity index (χ4n) is 3.93. The van der Waals surface area contributed by atoms with Crippen LogP contribution in [0.5, 0.6) is 0 Å². The molecular formula is C25H17N2O11S3-3. The Morgan fingerprint density at radius 3 is 1.78 bits per heavy atom. The van der Waals surface area contributed by atoms with Gasteiger partial charge in [-0.15, -0.1) is 0 Å². The standard InChI is InChI=1S/C25H20N2O11S3/c1-14-7-8-16(11-20(14)27-24(28)15-5-3-2-4-6-15)25(29)26-19-9-10-21(40(33,34)35)18-12-17(39(30,31)32)13-22(23(18)19)41(36,37)38/h2-13H,1H3,(H,26,29)(H,27,28)(H,30,31,32)(H,33,34,35)(H,36,37,38)/p-3. The predicted molar refractivity (Wildman–Crippen MR) is 141 cm³/mol. The van der Waals surface area contributed by atoms with Crippen LogP contribution in [0.2, 0.25) is 0 Å². The van der Waals surface area contributed by atoms with Gasteiger partial charge in [0.05, 0.1) is 20.4 Å². The molecule has 4 aromatic rings. The Morgan fingerprint density at radius 1 is 0.610 bits per heavy atom. The average Bonchev–Trinajstić information content (AvgIpc) is 2.88. The SMILES string of the molecule is Cc1ccc(C(=O)Nc2ccc(S(=O)(=O)[O-])c3cc(S(=O)(=O)[O-])cc(S(=O)(=O)[O-])c23)cc1NC(=O)c1ccccc1. The lowest BCUT2D eigenvalue weighted by Crippen LogP contribution is -2.16. The first-order chi connectivity index (χ1) is 19.0. The average molecular weight is 618 g/mol. The molecule has 214 valence electrons. The maximum Gasteiger partial charge on any atom is 0.255 e. The summed E-state index contributed by atoms with van der Waals surface area (Å²) in [7, 11) is -16.4. The van der Waals surface area contributed by atoms with Crippen LogP contribution in [0.25, 0.3) is 10.8 Å². The molecule has 0 fully saturated rings. The molecule has 4 aromatic carbocycles. The molecule has 0 saturated carbocycles. The molecule has 0 radical (unpaired) electrons. The molecule has 4 rings (SSSR count). The van der Waals surface area contributed by atoms with Gasteiger partial charge in [0.2, 0.25) is 0 Å². The monoisotopic (exact) mass is 617 g/mol. The second kappa shape index (κ2) is 10.7. The highest BCUT2D eigenvalue weighted by molar-refractivity contribution is 7.87. The van der Waals surface area contributed by atoms with Crippen LogP contribution in [0.1, 0.15) is 26.3 Å². The van der Waals surface area contributed by atoms with E-state index in [2.05, 4.69) is 10.6 Å². The molecule has 0 bridgehead atoms. The van der Waals surface area contributed by atoms with E-state index in [1.165, 1.54) is 18.2 Å². The van der Waals surface area contributed by atoms with Crippen molar-refractivity contribution < 1.29 is 48.5 Å². The van der Waals surface area contributed by atoms with Crippen molar-refractivity contribution >= 4 is 64.3 Å². The van der Waals surface area contributed by atoms with Gasteiger partial charge in [0, 0.05) is 27.6 Å². The first-order valence-corrected chi connectivity index (χ1v) is 15.5. The maximum atomic E-state index is 13.2. The molecule has 0 atom stereocenters. The van der Waals surface area contributed by atoms with Gasteiger partial charge in [-0.2, -0.15) is 0 Å². The molecule has 0 aliphatic heterocycles. The van der Waals surface area contributed by atoms with E-state index in [9.17, 15) is 48.5 Å². The number of nitrogens with one attached hydrogen (secondary N) is 2. The second-order valence-corrected chi connectivity index (χ2v) is 12.7. The molecule has 0 aromatic heterocycles. The van der Waals surface area contributed by atoms with Gasteiger partial charge in [0.15, 0.2) is 0 Å². The number of amides is 2. The third-order valence-corrected chi connectivity index (χ3v) is 8.44. The van der Waals surface area contributed by atoms with Crippen LogP contribution in [0.15, 0.2) is 87.5 Å². The highest BCUT2D eigenvalue weighted by Gasteiger charge is 2.22. The summed E-state index contributed by atoms with van der Waals surface area (Å²) in [5.74, 6) is -1.39. The molecule has 2 amide bonds. The fraction of sp³-hybridized carbons (Fsp3) is 0.0400. The Balaban J connectivity index is 1.84. The summed E-state index contributed by atoms with van der Waals surface area (Å²) in [6, 6.07) is 14.5. The number of anilines is 2. The number of hydrogen-bond donors (Lipinski definition) is 2. The lowest BCUT2D eigenvalue weighted by atomic mass is 10.1. The minimum Gasteiger partial charge on any atom is -0.744 e. The molecule has 16 heteroatoms. The predicted octanol–water partition coefficient (Wildman–Crippen LogP) is 2.37. The van der Waals surface area contributed by atoms with E-state index in [1.54, 1.807) is 37.3 Å². The summed E-state index contributed by atoms with van der Waals surface area (Å²) in [4.78, 5) is 22.0. The normalized spacial score (nSPS) is 12.2. The Labute approximate surface area is 234 Å². The summed E-state index contributed by atoms with van der Waals surface area (Å²) < 4.78 is 107. The van der Waals surface area contributed by atoms with E-state index in [4.69, 9.17) is 0 Å². The van der Waals surface area contributed by atoms with Crippen molar-refractivity contribution in [1.82, 2.24) is 0 Å². The van der Waals surface area contributed by atoms with E-state index in [1.807, 2.05) is 0 Å². The molecular weight excluding hydrogens is 600 g/mol. The Hall–Kier alpha value is -4.19. The topological polar surface area (TPSA) is 230 Å². The summed E-state index contributed by atoms with van der Waals surface area (Å²) in [5.41, 5.74) is 0.604. The van der Waals surface area contributed by atoms with Crippen LogP contribution in [-0.4, -0.2) is 50.7 Å². The number of carbonyl (C=O) groups excluding carboxylic acids is 2. The van der Waals surface area contributed by atoms with E-state index in [0.717, 1.165) is 6.07 Å². The zero-order valence-electron chi connectivity index (χ0n) is 20.6. The van der Waals surface area contributed by atoms with E-state index < -0.39 is 73.3 Å². The van der Waals surface area contributed by atoms with Crippen molar-refractivity contribution in [3.05, 3.63) is 89.5 Å². The molecule has 0 aliphatic rings. The third kappa shape index (κ3) is 6.43. The molecule has 41 heavy (non-hydrogen) atoms. The van der Waals surface area contributed by atoms with Gasteiger partial charge < -0.3 is 24.3 Å². The molecule has 0 aliphatic carbocycles. The summed E-state index contributed by atoms with van der Waals surface area (Å²) in [5, 5.41) is 3.28. The van der Waals surface area contributed by atoms with Crippen molar-refractivity contribution in [2.75, 3.05) is 10.6 Å². The summed E-state index contributed by atoms with van der Waals surface area (Å²) in [6.07, 6.45) is 0. The highest BCUT2D eigenvalue weighted by atomic mass is 32.2.